The second kappa shape index (κ2) is 9.37. The standard InChI is InChI=1S/C40H25N3/c1-2-10-29-25-30(24-19-26(29)9-1)36-16-8-15-35(41-36)27-20-22-28(23-21-27)40-42-37-17-7-14-34-32-12-4-3-11-31(32)33-13-5-6-18-38(33)43(40)39(34)37/h1-25H. The van der Waals surface area contributed by atoms with E-state index in [0.29, 0.717) is 0 Å². The number of para-hydroxylation sites is 2. The minimum Gasteiger partial charge on any atom is -0.291 e. The van der Waals surface area contributed by atoms with Gasteiger partial charge in [-0.25, -0.2) is 9.97 Å². The van der Waals surface area contributed by atoms with Crippen molar-refractivity contribution in [2.24, 2.45) is 0 Å². The van der Waals surface area contributed by atoms with Crippen molar-refractivity contribution in [3.8, 4) is 61.8 Å². The number of aromatic nitrogens is 3. The van der Waals surface area contributed by atoms with Crippen molar-refractivity contribution < 1.29 is 0 Å². The van der Waals surface area contributed by atoms with E-state index in [1.165, 1.54) is 33.0 Å². The number of nitrogens with zero attached hydrogens (tertiary/aromatic N) is 3. The van der Waals surface area contributed by atoms with Crippen molar-refractivity contribution in [1.29, 1.82) is 0 Å². The van der Waals surface area contributed by atoms with Crippen molar-refractivity contribution in [3.63, 3.8) is 0 Å². The average molecular weight is 548 g/mol. The predicted molar refractivity (Wildman–Crippen MR) is 177 cm³/mol. The van der Waals surface area contributed by atoms with Gasteiger partial charge in [-0.15, -0.1) is 0 Å². The van der Waals surface area contributed by atoms with Crippen LogP contribution in [0.25, 0.3) is 83.6 Å². The molecule has 0 aliphatic carbocycles. The summed E-state index contributed by atoms with van der Waals surface area (Å²) in [5.41, 5.74) is 13.4. The fourth-order valence-electron chi connectivity index (χ4n) is 6.52. The molecular formula is C40H25N3. The molecule has 3 heterocycles. The van der Waals surface area contributed by atoms with Crippen molar-refractivity contribution in [2.75, 3.05) is 0 Å². The molecule has 2 aromatic heterocycles. The molecule has 0 atom stereocenters. The zero-order chi connectivity index (χ0) is 28.3. The summed E-state index contributed by atoms with van der Waals surface area (Å²) in [7, 11) is 0. The minimum absolute atomic E-state index is 0.937. The summed E-state index contributed by atoms with van der Waals surface area (Å²) >= 11 is 0. The Morgan fingerprint density at radius 3 is 1.84 bits per heavy atom. The highest BCUT2D eigenvalue weighted by Gasteiger charge is 2.24. The smallest absolute Gasteiger partial charge is 0.145 e. The largest absolute Gasteiger partial charge is 0.291 e. The SMILES string of the molecule is c1cc(-c2ccc(-c3nc4cccc5c4n3-c3ccccc3-c3ccccc3-5)cc2)nc(-c2ccc3ccccc3c2)c1. The topological polar surface area (TPSA) is 30.7 Å². The number of fused-ring (bicyclic) bond motifs is 6. The van der Waals surface area contributed by atoms with Crippen molar-refractivity contribution in [1.82, 2.24) is 14.5 Å². The van der Waals surface area contributed by atoms with E-state index in [1.807, 2.05) is 0 Å². The number of pyridine rings is 1. The van der Waals surface area contributed by atoms with Crippen LogP contribution < -0.4 is 0 Å². The molecule has 0 amide bonds. The Balaban J connectivity index is 1.16. The zero-order valence-electron chi connectivity index (χ0n) is 23.3. The first-order chi connectivity index (χ1) is 21.3. The number of benzene rings is 6. The first-order valence-electron chi connectivity index (χ1n) is 14.6. The molecule has 0 bridgehead atoms. The van der Waals surface area contributed by atoms with E-state index in [9.17, 15) is 0 Å². The second-order valence-corrected chi connectivity index (χ2v) is 11.1. The third-order valence-electron chi connectivity index (χ3n) is 8.56. The molecule has 0 saturated heterocycles. The lowest BCUT2D eigenvalue weighted by Gasteiger charge is -2.13. The average Bonchev–Trinajstić information content (AvgIpc) is 3.42. The highest BCUT2D eigenvalue weighted by Crippen LogP contribution is 2.45. The predicted octanol–water partition coefficient (Wildman–Crippen LogP) is 10.2. The van der Waals surface area contributed by atoms with Crippen LogP contribution in [-0.4, -0.2) is 14.5 Å². The van der Waals surface area contributed by atoms with Gasteiger partial charge in [0.05, 0.1) is 28.1 Å². The van der Waals surface area contributed by atoms with Gasteiger partial charge in [0.25, 0.3) is 0 Å². The van der Waals surface area contributed by atoms with Crippen LogP contribution in [0.5, 0.6) is 0 Å². The Bertz CT molecular complexity index is 2340. The van der Waals surface area contributed by atoms with E-state index in [2.05, 4.69) is 156 Å². The third-order valence-corrected chi connectivity index (χ3v) is 8.56. The maximum absolute atomic E-state index is 5.20. The lowest BCUT2D eigenvalue weighted by Crippen LogP contribution is -1.99. The van der Waals surface area contributed by atoms with E-state index < -0.39 is 0 Å². The van der Waals surface area contributed by atoms with Crippen LogP contribution >= 0.6 is 0 Å². The summed E-state index contributed by atoms with van der Waals surface area (Å²) < 4.78 is 2.34. The molecule has 0 N–H and O–H groups in total. The maximum atomic E-state index is 5.20. The molecule has 0 saturated carbocycles. The molecule has 0 spiro atoms. The normalized spacial score (nSPS) is 11.7. The summed E-state index contributed by atoms with van der Waals surface area (Å²) in [6.45, 7) is 0. The molecular weight excluding hydrogens is 522 g/mol. The summed E-state index contributed by atoms with van der Waals surface area (Å²) in [6.07, 6.45) is 0. The molecule has 9 rings (SSSR count). The monoisotopic (exact) mass is 547 g/mol. The van der Waals surface area contributed by atoms with Gasteiger partial charge < -0.3 is 0 Å². The van der Waals surface area contributed by atoms with E-state index >= 15 is 0 Å². The fraction of sp³-hybridized carbons (Fsp3) is 0. The van der Waals surface area contributed by atoms with Gasteiger partial charge in [-0.1, -0.05) is 121 Å². The van der Waals surface area contributed by atoms with Crippen LogP contribution in [0.15, 0.2) is 152 Å². The highest BCUT2D eigenvalue weighted by molar-refractivity contribution is 6.03. The number of rotatable bonds is 3. The van der Waals surface area contributed by atoms with Gasteiger partial charge in [-0.05, 0) is 52.2 Å². The molecule has 0 radical (unpaired) electrons. The van der Waals surface area contributed by atoms with Gasteiger partial charge in [0.1, 0.15) is 5.82 Å². The van der Waals surface area contributed by atoms with E-state index in [0.717, 1.165) is 50.6 Å². The summed E-state index contributed by atoms with van der Waals surface area (Å²) in [6, 6.07) is 53.7. The highest BCUT2D eigenvalue weighted by atomic mass is 15.1. The Hall–Kier alpha value is -5.80. The van der Waals surface area contributed by atoms with E-state index in [-0.39, 0.29) is 0 Å². The number of hydrogen-bond donors (Lipinski definition) is 0. The molecule has 0 fully saturated rings. The first kappa shape index (κ1) is 23.9. The molecule has 1 aliphatic heterocycles. The van der Waals surface area contributed by atoms with Crippen LogP contribution in [0.2, 0.25) is 0 Å². The van der Waals surface area contributed by atoms with Crippen molar-refractivity contribution in [2.45, 2.75) is 0 Å². The van der Waals surface area contributed by atoms with Crippen molar-refractivity contribution in [3.05, 3.63) is 152 Å². The van der Waals surface area contributed by atoms with E-state index in [1.54, 1.807) is 0 Å². The Labute approximate surface area is 249 Å². The number of imidazole rings is 1. The Kier molecular flexibility index (Phi) is 5.20. The van der Waals surface area contributed by atoms with Crippen LogP contribution in [-0.2, 0) is 0 Å². The lowest BCUT2D eigenvalue weighted by atomic mass is 9.94. The maximum Gasteiger partial charge on any atom is 0.145 e. The molecule has 200 valence electrons. The molecule has 1 aliphatic rings. The van der Waals surface area contributed by atoms with Crippen LogP contribution in [0.1, 0.15) is 0 Å². The van der Waals surface area contributed by atoms with Gasteiger partial charge in [0.2, 0.25) is 0 Å². The molecule has 3 heteroatoms. The summed E-state index contributed by atoms with van der Waals surface area (Å²) in [5.74, 6) is 0.937. The zero-order valence-corrected chi connectivity index (χ0v) is 23.3. The minimum atomic E-state index is 0.937. The van der Waals surface area contributed by atoms with E-state index in [4.69, 9.17) is 9.97 Å². The molecule has 8 aromatic rings. The lowest BCUT2D eigenvalue weighted by molar-refractivity contribution is 1.11. The Morgan fingerprint density at radius 2 is 1.00 bits per heavy atom. The number of hydrogen-bond acceptors (Lipinski definition) is 2. The van der Waals surface area contributed by atoms with Crippen LogP contribution in [0.3, 0.4) is 0 Å². The van der Waals surface area contributed by atoms with Crippen LogP contribution in [0, 0.1) is 0 Å². The third kappa shape index (κ3) is 3.75. The summed E-state index contributed by atoms with van der Waals surface area (Å²) in [5, 5.41) is 2.45. The summed E-state index contributed by atoms with van der Waals surface area (Å²) in [4.78, 5) is 10.3. The van der Waals surface area contributed by atoms with Gasteiger partial charge in [-0.2, -0.15) is 0 Å². The van der Waals surface area contributed by atoms with Gasteiger partial charge in [0.15, 0.2) is 0 Å². The molecule has 0 unspecified atom stereocenters. The van der Waals surface area contributed by atoms with Crippen molar-refractivity contribution >= 4 is 21.8 Å². The Morgan fingerprint density at radius 1 is 0.395 bits per heavy atom. The molecule has 6 aromatic carbocycles. The van der Waals surface area contributed by atoms with Gasteiger partial charge in [-0.3, -0.25) is 4.57 Å². The van der Waals surface area contributed by atoms with Gasteiger partial charge >= 0.3 is 0 Å². The van der Waals surface area contributed by atoms with Crippen LogP contribution in [0.4, 0.5) is 0 Å². The second-order valence-electron chi connectivity index (χ2n) is 11.1. The first-order valence-corrected chi connectivity index (χ1v) is 14.6. The van der Waals surface area contributed by atoms with Gasteiger partial charge in [0, 0.05) is 27.8 Å². The molecule has 3 nitrogen and oxygen atoms in total. The fourth-order valence-corrected chi connectivity index (χ4v) is 6.52. The quantitative estimate of drug-likeness (QED) is 0.220. The molecule has 43 heavy (non-hydrogen) atoms.